The number of hydrogen-bond acceptors (Lipinski definition) is 3. The molecule has 0 saturated carbocycles. The van der Waals surface area contributed by atoms with E-state index in [0.29, 0.717) is 15.7 Å². The average Bonchev–Trinajstić information content (AvgIpc) is 2.57. The van der Waals surface area contributed by atoms with Gasteiger partial charge in [0.25, 0.3) is 0 Å². The van der Waals surface area contributed by atoms with Gasteiger partial charge in [0.05, 0.1) is 15.7 Å². The normalized spacial score (nSPS) is 10.4. The van der Waals surface area contributed by atoms with Crippen molar-refractivity contribution in [3.63, 3.8) is 0 Å². The smallest absolute Gasteiger partial charge is 0.333 e. The van der Waals surface area contributed by atoms with Gasteiger partial charge in [-0.15, -0.1) is 5.10 Å². The van der Waals surface area contributed by atoms with Crippen LogP contribution < -0.4 is 0 Å². The third-order valence-electron chi connectivity index (χ3n) is 1.65. The summed E-state index contributed by atoms with van der Waals surface area (Å²) in [5.74, 6) is 0. The standard InChI is InChI=1S/C8H5Cl2N3O/c9-6-2-1-5(3-7(6)10)13-4-11-8(14)12-13/h1-4H,(H,12,14). The molecule has 0 bridgehead atoms. The summed E-state index contributed by atoms with van der Waals surface area (Å²) in [5.41, 5.74) is 0.687. The van der Waals surface area contributed by atoms with Crippen LogP contribution in [0.5, 0.6) is 6.01 Å². The topological polar surface area (TPSA) is 50.9 Å². The lowest BCUT2D eigenvalue weighted by Crippen LogP contribution is -1.93. The second-order valence-electron chi connectivity index (χ2n) is 2.59. The summed E-state index contributed by atoms with van der Waals surface area (Å²) < 4.78 is 1.40. The van der Waals surface area contributed by atoms with Gasteiger partial charge in [0, 0.05) is 0 Å². The number of hydrogen-bond donors (Lipinski definition) is 1. The van der Waals surface area contributed by atoms with E-state index in [1.165, 1.54) is 11.0 Å². The number of halogens is 2. The van der Waals surface area contributed by atoms with Crippen molar-refractivity contribution in [1.29, 1.82) is 0 Å². The van der Waals surface area contributed by atoms with Crippen molar-refractivity contribution < 1.29 is 5.11 Å². The van der Waals surface area contributed by atoms with E-state index in [1.807, 2.05) is 0 Å². The van der Waals surface area contributed by atoms with Gasteiger partial charge in [0.2, 0.25) is 0 Å². The molecular weight excluding hydrogens is 225 g/mol. The largest absolute Gasteiger partial charge is 0.478 e. The number of aromatic hydroxyl groups is 1. The predicted octanol–water partition coefficient (Wildman–Crippen LogP) is 2.28. The Morgan fingerprint density at radius 2 is 2.00 bits per heavy atom. The fourth-order valence-corrected chi connectivity index (χ4v) is 1.30. The Bertz CT molecular complexity index is 469. The van der Waals surface area contributed by atoms with E-state index in [2.05, 4.69) is 10.1 Å². The summed E-state index contributed by atoms with van der Waals surface area (Å²) in [5, 5.41) is 13.5. The summed E-state index contributed by atoms with van der Waals surface area (Å²) in [6, 6.07) is 4.73. The number of benzene rings is 1. The molecule has 0 radical (unpaired) electrons. The molecule has 0 saturated heterocycles. The predicted molar refractivity (Wildman–Crippen MR) is 53.0 cm³/mol. The molecule has 0 aliphatic rings. The first-order chi connectivity index (χ1) is 6.66. The van der Waals surface area contributed by atoms with E-state index in [0.717, 1.165) is 0 Å². The first-order valence-corrected chi connectivity index (χ1v) is 4.48. The van der Waals surface area contributed by atoms with E-state index in [-0.39, 0.29) is 6.01 Å². The summed E-state index contributed by atoms with van der Waals surface area (Å²) in [4.78, 5) is 3.58. The van der Waals surface area contributed by atoms with Crippen LogP contribution in [0.25, 0.3) is 5.69 Å². The molecule has 0 aliphatic carbocycles. The Hall–Kier alpha value is -1.26. The highest BCUT2D eigenvalue weighted by atomic mass is 35.5. The van der Waals surface area contributed by atoms with Gasteiger partial charge in [-0.05, 0) is 18.2 Å². The minimum Gasteiger partial charge on any atom is -0.478 e. The maximum atomic E-state index is 8.94. The van der Waals surface area contributed by atoms with Gasteiger partial charge in [0.15, 0.2) is 0 Å². The fourth-order valence-electron chi connectivity index (χ4n) is 1.01. The van der Waals surface area contributed by atoms with Gasteiger partial charge in [-0.3, -0.25) is 0 Å². The zero-order chi connectivity index (χ0) is 10.1. The lowest BCUT2D eigenvalue weighted by Gasteiger charge is -2.01. The van der Waals surface area contributed by atoms with Crippen LogP contribution in [-0.2, 0) is 0 Å². The highest BCUT2D eigenvalue weighted by molar-refractivity contribution is 6.42. The molecule has 0 unspecified atom stereocenters. The molecule has 14 heavy (non-hydrogen) atoms. The van der Waals surface area contributed by atoms with Gasteiger partial charge in [-0.2, -0.15) is 4.98 Å². The first-order valence-electron chi connectivity index (χ1n) is 3.73. The van der Waals surface area contributed by atoms with Crippen molar-refractivity contribution in [2.45, 2.75) is 0 Å². The number of rotatable bonds is 1. The Balaban J connectivity index is 2.47. The molecule has 0 atom stereocenters. The zero-order valence-electron chi connectivity index (χ0n) is 6.85. The molecule has 0 fully saturated rings. The molecule has 6 heteroatoms. The lowest BCUT2D eigenvalue weighted by molar-refractivity contribution is 0.430. The van der Waals surface area contributed by atoms with Crippen molar-refractivity contribution in [2.75, 3.05) is 0 Å². The summed E-state index contributed by atoms with van der Waals surface area (Å²) >= 11 is 11.6. The second-order valence-corrected chi connectivity index (χ2v) is 3.40. The van der Waals surface area contributed by atoms with Crippen molar-refractivity contribution in [2.24, 2.45) is 0 Å². The highest BCUT2D eigenvalue weighted by Crippen LogP contribution is 2.24. The van der Waals surface area contributed by atoms with Crippen LogP contribution in [0.4, 0.5) is 0 Å². The third kappa shape index (κ3) is 1.66. The SMILES string of the molecule is Oc1ncn(-c2ccc(Cl)c(Cl)c2)n1. The minimum atomic E-state index is -0.281. The zero-order valence-corrected chi connectivity index (χ0v) is 8.37. The van der Waals surface area contributed by atoms with E-state index in [1.54, 1.807) is 18.2 Å². The maximum Gasteiger partial charge on any atom is 0.333 e. The lowest BCUT2D eigenvalue weighted by atomic mass is 10.3. The Kier molecular flexibility index (Phi) is 2.31. The summed E-state index contributed by atoms with van der Waals surface area (Å²) in [6.45, 7) is 0. The molecule has 1 N–H and O–H groups in total. The molecule has 1 heterocycles. The van der Waals surface area contributed by atoms with Crippen LogP contribution >= 0.6 is 23.2 Å². The van der Waals surface area contributed by atoms with Crippen molar-refractivity contribution in [3.05, 3.63) is 34.6 Å². The summed E-state index contributed by atoms with van der Waals surface area (Å²) in [6.07, 6.45) is 1.38. The molecule has 1 aromatic carbocycles. The van der Waals surface area contributed by atoms with E-state index in [4.69, 9.17) is 28.3 Å². The molecule has 2 rings (SSSR count). The maximum absolute atomic E-state index is 8.94. The van der Waals surface area contributed by atoms with Gasteiger partial charge >= 0.3 is 6.01 Å². The third-order valence-corrected chi connectivity index (χ3v) is 2.39. The van der Waals surface area contributed by atoms with Crippen LogP contribution in [-0.4, -0.2) is 19.9 Å². The summed E-state index contributed by atoms with van der Waals surface area (Å²) in [7, 11) is 0. The number of aromatic nitrogens is 3. The van der Waals surface area contributed by atoms with E-state index < -0.39 is 0 Å². The highest BCUT2D eigenvalue weighted by Gasteiger charge is 2.03. The Morgan fingerprint density at radius 3 is 2.57 bits per heavy atom. The molecule has 0 spiro atoms. The second kappa shape index (κ2) is 3.48. The fraction of sp³-hybridized carbons (Fsp3) is 0. The molecule has 4 nitrogen and oxygen atoms in total. The average molecular weight is 230 g/mol. The Morgan fingerprint density at radius 1 is 1.21 bits per heavy atom. The minimum absolute atomic E-state index is 0.281. The molecule has 72 valence electrons. The first kappa shape index (κ1) is 9.30. The molecule has 0 amide bonds. The van der Waals surface area contributed by atoms with Crippen LogP contribution in [0, 0.1) is 0 Å². The van der Waals surface area contributed by atoms with Gasteiger partial charge in [-0.25, -0.2) is 4.68 Å². The van der Waals surface area contributed by atoms with E-state index >= 15 is 0 Å². The van der Waals surface area contributed by atoms with E-state index in [9.17, 15) is 0 Å². The molecular formula is C8H5Cl2N3O. The van der Waals surface area contributed by atoms with Crippen LogP contribution in [0.15, 0.2) is 24.5 Å². The van der Waals surface area contributed by atoms with Gasteiger partial charge in [0.1, 0.15) is 6.33 Å². The van der Waals surface area contributed by atoms with Crippen molar-refractivity contribution >= 4 is 23.2 Å². The monoisotopic (exact) mass is 229 g/mol. The van der Waals surface area contributed by atoms with Gasteiger partial charge < -0.3 is 5.11 Å². The number of nitrogens with zero attached hydrogens (tertiary/aromatic N) is 3. The quantitative estimate of drug-likeness (QED) is 0.817. The van der Waals surface area contributed by atoms with Crippen LogP contribution in [0.2, 0.25) is 10.0 Å². The molecule has 0 aliphatic heterocycles. The Labute approximate surface area is 89.7 Å². The van der Waals surface area contributed by atoms with Crippen molar-refractivity contribution in [3.8, 4) is 11.7 Å². The van der Waals surface area contributed by atoms with Crippen LogP contribution in [0.3, 0.4) is 0 Å². The molecule has 2 aromatic rings. The van der Waals surface area contributed by atoms with Crippen LogP contribution in [0.1, 0.15) is 0 Å². The molecule has 1 aromatic heterocycles. The van der Waals surface area contributed by atoms with Crippen molar-refractivity contribution in [1.82, 2.24) is 14.8 Å². The van der Waals surface area contributed by atoms with Gasteiger partial charge in [-0.1, -0.05) is 23.2 Å².